The van der Waals surface area contributed by atoms with Gasteiger partial charge in [0.1, 0.15) is 0 Å². The van der Waals surface area contributed by atoms with Gasteiger partial charge in [-0.3, -0.25) is 33.6 Å². The van der Waals surface area contributed by atoms with Gasteiger partial charge in [-0.05, 0) is 63.5 Å². The number of aliphatic hydroxyl groups excluding tert-OH is 1. The highest BCUT2D eigenvalue weighted by Crippen LogP contribution is 2.26. The molecule has 2 saturated carbocycles. The van der Waals surface area contributed by atoms with Crippen LogP contribution in [-0.2, 0) is 40.0 Å². The van der Waals surface area contributed by atoms with Crippen molar-refractivity contribution in [1.29, 1.82) is 0 Å². The maximum Gasteiger partial charge on any atom is 0.305 e. The Balaban J connectivity index is 1.63. The number of carboxylic acids is 2. The minimum atomic E-state index is -1.19. The number of benzene rings is 1. The number of carbonyl (C=O) groups excluding carboxylic acids is 5. The van der Waals surface area contributed by atoms with Gasteiger partial charge in [-0.15, -0.1) is 0 Å². The second kappa shape index (κ2) is 24.9. The Morgan fingerprint density at radius 2 is 1.21 bits per heavy atom. The molecule has 318 valence electrons. The molecule has 57 heavy (non-hydrogen) atoms. The smallest absolute Gasteiger partial charge is 0.305 e. The Labute approximate surface area is 334 Å². The molecule has 5 amide bonds. The molecule has 1 aromatic carbocycles. The lowest BCUT2D eigenvalue weighted by molar-refractivity contribution is -0.140. The lowest BCUT2D eigenvalue weighted by atomic mass is 9.83. The first-order valence-corrected chi connectivity index (χ1v) is 20.3. The zero-order valence-corrected chi connectivity index (χ0v) is 32.8. The predicted molar refractivity (Wildman–Crippen MR) is 210 cm³/mol. The fourth-order valence-electron chi connectivity index (χ4n) is 7.79. The molecule has 2 fully saturated rings. The normalized spacial score (nSPS) is 21.5. The van der Waals surface area contributed by atoms with Crippen LogP contribution in [0.5, 0.6) is 0 Å². The van der Waals surface area contributed by atoms with Gasteiger partial charge in [0.05, 0.1) is 30.9 Å². The number of aliphatic carboxylic acids is 2. The second-order valence-electron chi connectivity index (χ2n) is 15.5. The van der Waals surface area contributed by atoms with Crippen LogP contribution >= 0.6 is 0 Å². The number of nitrogens with two attached hydrogens (primary N) is 2. The molecule has 0 unspecified atom stereocenters. The molecule has 0 radical (unpaired) electrons. The first kappa shape index (κ1) is 46.8. The van der Waals surface area contributed by atoms with Crippen molar-refractivity contribution in [3.63, 3.8) is 0 Å². The second-order valence-corrected chi connectivity index (χ2v) is 15.5. The quantitative estimate of drug-likeness (QED) is 0.0688. The van der Waals surface area contributed by atoms with E-state index >= 15 is 0 Å². The van der Waals surface area contributed by atoms with Gasteiger partial charge in [0, 0.05) is 55.9 Å². The summed E-state index contributed by atoms with van der Waals surface area (Å²) in [5, 5.41) is 42.6. The molecule has 0 aromatic heterocycles. The average molecular weight is 802 g/mol. The van der Waals surface area contributed by atoms with E-state index in [0.717, 1.165) is 37.7 Å². The minimum Gasteiger partial charge on any atom is -0.481 e. The van der Waals surface area contributed by atoms with Crippen molar-refractivity contribution in [1.82, 2.24) is 26.6 Å². The fourth-order valence-corrected chi connectivity index (χ4v) is 7.79. The molecule has 0 spiro atoms. The number of rotatable bonds is 24. The van der Waals surface area contributed by atoms with Gasteiger partial charge in [-0.25, -0.2) is 0 Å². The topological polar surface area (TPSA) is 292 Å². The Bertz CT molecular complexity index is 1480. The highest BCUT2D eigenvalue weighted by atomic mass is 16.4. The Morgan fingerprint density at radius 1 is 0.649 bits per heavy atom. The predicted octanol–water partition coefficient (Wildman–Crippen LogP) is 0.602. The van der Waals surface area contributed by atoms with E-state index in [1.54, 1.807) is 0 Å². The maximum atomic E-state index is 13.9. The molecule has 12 N–H and O–H groups in total. The van der Waals surface area contributed by atoms with Gasteiger partial charge in [0.15, 0.2) is 0 Å². The van der Waals surface area contributed by atoms with Crippen LogP contribution in [0.2, 0.25) is 0 Å². The van der Waals surface area contributed by atoms with Gasteiger partial charge < -0.3 is 53.4 Å². The molecule has 0 bridgehead atoms. The molecule has 0 saturated heterocycles. The molecule has 0 aliphatic heterocycles. The molecule has 8 atom stereocenters. The van der Waals surface area contributed by atoms with E-state index < -0.39 is 72.9 Å². The maximum absolute atomic E-state index is 13.9. The van der Waals surface area contributed by atoms with Crippen LogP contribution in [0.15, 0.2) is 30.3 Å². The lowest BCUT2D eigenvalue weighted by Gasteiger charge is -2.33. The van der Waals surface area contributed by atoms with E-state index in [0.29, 0.717) is 45.1 Å². The summed E-state index contributed by atoms with van der Waals surface area (Å²) in [5.41, 5.74) is 12.7. The third kappa shape index (κ3) is 17.6. The number of carboxylic acid groups (broad SMARTS) is 2. The van der Waals surface area contributed by atoms with Crippen molar-refractivity contribution in [2.24, 2.45) is 23.3 Å². The highest BCUT2D eigenvalue weighted by molar-refractivity contribution is 5.85. The van der Waals surface area contributed by atoms with Crippen molar-refractivity contribution in [2.75, 3.05) is 13.2 Å². The van der Waals surface area contributed by atoms with Crippen molar-refractivity contribution in [3.05, 3.63) is 35.9 Å². The van der Waals surface area contributed by atoms with E-state index in [1.807, 2.05) is 30.3 Å². The van der Waals surface area contributed by atoms with Crippen molar-refractivity contribution < 1.29 is 48.9 Å². The SMILES string of the molecule is NCCC[C@@H](CC(=O)N[C@@H]1CCCC[C@H]1C(=O)N[C@H](CC(=O)N[C@@H](CCC(=O)O)CC(=O)O)Cc1ccccc1)NC(=O)C[C@H](CO)NC(=O)[C@@H]1CCCC[C@H]1N. The van der Waals surface area contributed by atoms with Crippen LogP contribution < -0.4 is 38.1 Å². The number of carbonyl (C=O) groups is 7. The molecule has 17 heteroatoms. The molecule has 2 aliphatic rings. The van der Waals surface area contributed by atoms with Crippen molar-refractivity contribution in [2.45, 2.75) is 145 Å². The molecule has 0 heterocycles. The van der Waals surface area contributed by atoms with Crippen LogP contribution in [0.4, 0.5) is 0 Å². The van der Waals surface area contributed by atoms with Gasteiger partial charge in [-0.1, -0.05) is 56.0 Å². The number of aliphatic hydroxyl groups is 1. The third-order valence-electron chi connectivity index (χ3n) is 10.8. The Kier molecular flexibility index (Phi) is 20.4. The highest BCUT2D eigenvalue weighted by Gasteiger charge is 2.35. The summed E-state index contributed by atoms with van der Waals surface area (Å²) in [6, 6.07) is 5.42. The van der Waals surface area contributed by atoms with Crippen LogP contribution in [0, 0.1) is 11.8 Å². The fraction of sp³-hybridized carbons (Fsp3) is 0.675. The summed E-state index contributed by atoms with van der Waals surface area (Å²) >= 11 is 0. The van der Waals surface area contributed by atoms with E-state index in [2.05, 4.69) is 26.6 Å². The van der Waals surface area contributed by atoms with Crippen LogP contribution in [0.25, 0.3) is 0 Å². The molecule has 17 nitrogen and oxygen atoms in total. The van der Waals surface area contributed by atoms with E-state index in [-0.39, 0.29) is 61.8 Å². The Morgan fingerprint density at radius 3 is 1.82 bits per heavy atom. The summed E-state index contributed by atoms with van der Waals surface area (Å²) in [5.74, 6) is -5.27. The monoisotopic (exact) mass is 801 g/mol. The standard InChI is InChI=1S/C40H63N7O10/c41-18-8-11-26(43-35(50)22-29(24-48)46-39(56)30-12-4-6-14-32(30)42)20-36(51)47-33-15-7-5-13-31(33)40(57)45-28(19-25-9-2-1-3-10-25)21-34(49)44-27(23-38(54)55)16-17-37(52)53/h1-3,9-10,26-33,48H,4-8,11-24,41-42H2,(H,43,50)(H,44,49)(H,45,57)(H,46,56)(H,47,51)(H,52,53)(H,54,55)/t26-,27-,28-,29+,30+,31+,32+,33+/m0/s1. The zero-order valence-electron chi connectivity index (χ0n) is 32.8. The van der Waals surface area contributed by atoms with Crippen LogP contribution in [0.3, 0.4) is 0 Å². The van der Waals surface area contributed by atoms with E-state index in [9.17, 15) is 43.8 Å². The molecular weight excluding hydrogens is 738 g/mol. The zero-order chi connectivity index (χ0) is 41.7. The van der Waals surface area contributed by atoms with Crippen molar-refractivity contribution >= 4 is 41.5 Å². The van der Waals surface area contributed by atoms with Crippen LogP contribution in [-0.4, -0.2) is 106 Å². The van der Waals surface area contributed by atoms with E-state index in [4.69, 9.17) is 16.6 Å². The third-order valence-corrected chi connectivity index (χ3v) is 10.8. The number of nitrogens with one attached hydrogen (secondary N) is 5. The summed E-state index contributed by atoms with van der Waals surface area (Å²) in [6.45, 7) is -0.115. The van der Waals surface area contributed by atoms with E-state index in [1.165, 1.54) is 0 Å². The first-order valence-electron chi connectivity index (χ1n) is 20.3. The molecule has 2 aliphatic carbocycles. The number of hydrogen-bond acceptors (Lipinski definition) is 10. The molecule has 3 rings (SSSR count). The molecular formula is C40H63N7O10. The Hall–Kier alpha value is -4.61. The van der Waals surface area contributed by atoms with Gasteiger partial charge >= 0.3 is 11.9 Å². The molecule has 1 aromatic rings. The summed E-state index contributed by atoms with van der Waals surface area (Å²) in [4.78, 5) is 89.0. The van der Waals surface area contributed by atoms with Gasteiger partial charge in [0.2, 0.25) is 29.5 Å². The largest absolute Gasteiger partial charge is 0.481 e. The van der Waals surface area contributed by atoms with Crippen LogP contribution in [0.1, 0.15) is 108 Å². The first-order chi connectivity index (χ1) is 27.3. The summed E-state index contributed by atoms with van der Waals surface area (Å²) in [6.07, 6.45) is 5.70. The average Bonchev–Trinajstić information content (AvgIpc) is 3.16. The van der Waals surface area contributed by atoms with Crippen molar-refractivity contribution in [3.8, 4) is 0 Å². The summed E-state index contributed by atoms with van der Waals surface area (Å²) < 4.78 is 0. The van der Waals surface area contributed by atoms with Gasteiger partial charge in [0.25, 0.3) is 0 Å². The van der Waals surface area contributed by atoms with Gasteiger partial charge in [-0.2, -0.15) is 0 Å². The lowest BCUT2D eigenvalue weighted by Crippen LogP contribution is -2.52. The summed E-state index contributed by atoms with van der Waals surface area (Å²) in [7, 11) is 0. The minimum absolute atomic E-state index is 0.0688. The number of amides is 5. The number of hydrogen-bond donors (Lipinski definition) is 10.